The first-order valence-corrected chi connectivity index (χ1v) is 5.93. The Bertz CT molecular complexity index is 341. The molecule has 1 aliphatic heterocycles. The van der Waals surface area contributed by atoms with E-state index in [0.29, 0.717) is 19.7 Å². The fraction of sp³-hybridized carbons (Fsp3) is 0.667. The fourth-order valence-corrected chi connectivity index (χ4v) is 1.80. The molecule has 6 heteroatoms. The molecule has 0 radical (unpaired) electrons. The fourth-order valence-electron chi connectivity index (χ4n) is 1.80. The van der Waals surface area contributed by atoms with Gasteiger partial charge in [0.25, 0.3) is 0 Å². The predicted molar refractivity (Wildman–Crippen MR) is 66.4 cm³/mol. The summed E-state index contributed by atoms with van der Waals surface area (Å²) in [5.41, 5.74) is 1.20. The van der Waals surface area contributed by atoms with E-state index in [0.717, 1.165) is 6.42 Å². The van der Waals surface area contributed by atoms with Gasteiger partial charge in [-0.15, -0.1) is 0 Å². The SMILES string of the molecule is COCC1=CCN(C(=O)N(C)CCC(=O)O)CC1. The van der Waals surface area contributed by atoms with Gasteiger partial charge in [-0.3, -0.25) is 4.79 Å². The van der Waals surface area contributed by atoms with Crippen molar-refractivity contribution in [3.63, 3.8) is 0 Å². The highest BCUT2D eigenvalue weighted by Crippen LogP contribution is 2.12. The quantitative estimate of drug-likeness (QED) is 0.738. The molecule has 0 saturated heterocycles. The summed E-state index contributed by atoms with van der Waals surface area (Å²) in [5, 5.41) is 8.57. The Morgan fingerprint density at radius 3 is 2.78 bits per heavy atom. The number of hydrogen-bond acceptors (Lipinski definition) is 3. The number of aliphatic carboxylic acids is 1. The Labute approximate surface area is 107 Å². The van der Waals surface area contributed by atoms with Crippen molar-refractivity contribution in [2.24, 2.45) is 0 Å². The minimum absolute atomic E-state index is 0.0269. The molecule has 0 spiro atoms. The number of hydrogen-bond donors (Lipinski definition) is 1. The third kappa shape index (κ3) is 4.37. The van der Waals surface area contributed by atoms with Crippen molar-refractivity contribution in [3.05, 3.63) is 11.6 Å². The van der Waals surface area contributed by atoms with Gasteiger partial charge in [0, 0.05) is 33.8 Å². The van der Waals surface area contributed by atoms with Crippen molar-refractivity contribution in [2.75, 3.05) is 40.4 Å². The van der Waals surface area contributed by atoms with E-state index >= 15 is 0 Å². The zero-order valence-electron chi connectivity index (χ0n) is 10.9. The first kappa shape index (κ1) is 14.5. The molecular weight excluding hydrogens is 236 g/mol. The first-order valence-electron chi connectivity index (χ1n) is 5.93. The second kappa shape index (κ2) is 7.00. The van der Waals surface area contributed by atoms with Crippen LogP contribution < -0.4 is 0 Å². The average molecular weight is 256 g/mol. The molecule has 1 heterocycles. The summed E-state index contributed by atoms with van der Waals surface area (Å²) in [5.74, 6) is -0.893. The van der Waals surface area contributed by atoms with E-state index < -0.39 is 5.97 Å². The summed E-state index contributed by atoms with van der Waals surface area (Å²) in [6.07, 6.45) is 2.78. The smallest absolute Gasteiger partial charge is 0.320 e. The minimum atomic E-state index is -0.893. The van der Waals surface area contributed by atoms with Crippen LogP contribution in [0.25, 0.3) is 0 Å². The highest BCUT2D eigenvalue weighted by molar-refractivity contribution is 5.75. The van der Waals surface area contributed by atoms with E-state index in [1.807, 2.05) is 6.08 Å². The molecule has 2 amide bonds. The van der Waals surface area contributed by atoms with E-state index in [2.05, 4.69) is 0 Å². The van der Waals surface area contributed by atoms with Crippen molar-refractivity contribution in [2.45, 2.75) is 12.8 Å². The lowest BCUT2D eigenvalue weighted by atomic mass is 10.1. The topological polar surface area (TPSA) is 70.1 Å². The van der Waals surface area contributed by atoms with E-state index in [4.69, 9.17) is 9.84 Å². The van der Waals surface area contributed by atoms with E-state index in [1.165, 1.54) is 10.5 Å². The Balaban J connectivity index is 2.41. The Morgan fingerprint density at radius 1 is 1.56 bits per heavy atom. The van der Waals surface area contributed by atoms with E-state index in [9.17, 15) is 9.59 Å². The maximum absolute atomic E-state index is 12.0. The summed E-state index contributed by atoms with van der Waals surface area (Å²) in [7, 11) is 3.28. The Morgan fingerprint density at radius 2 is 2.28 bits per heavy atom. The maximum atomic E-state index is 12.0. The highest BCUT2D eigenvalue weighted by Gasteiger charge is 2.20. The van der Waals surface area contributed by atoms with Gasteiger partial charge in [-0.1, -0.05) is 6.08 Å². The number of nitrogens with zero attached hydrogens (tertiary/aromatic N) is 2. The summed E-state index contributed by atoms with van der Waals surface area (Å²) < 4.78 is 5.04. The lowest BCUT2D eigenvalue weighted by Crippen LogP contribution is -2.44. The number of carbonyl (C=O) groups excluding carboxylic acids is 1. The third-order valence-electron chi connectivity index (χ3n) is 2.89. The minimum Gasteiger partial charge on any atom is -0.481 e. The monoisotopic (exact) mass is 256 g/mol. The Hall–Kier alpha value is -1.56. The van der Waals surface area contributed by atoms with Crippen molar-refractivity contribution in [1.29, 1.82) is 0 Å². The van der Waals surface area contributed by atoms with Crippen molar-refractivity contribution in [1.82, 2.24) is 9.80 Å². The molecule has 0 fully saturated rings. The number of urea groups is 1. The van der Waals surface area contributed by atoms with Crippen LogP contribution in [0.5, 0.6) is 0 Å². The van der Waals surface area contributed by atoms with Gasteiger partial charge in [0.15, 0.2) is 0 Å². The summed E-state index contributed by atoms with van der Waals surface area (Å²) in [6, 6.07) is -0.121. The van der Waals surface area contributed by atoms with Crippen LogP contribution in [0.2, 0.25) is 0 Å². The summed E-state index contributed by atoms with van der Waals surface area (Å²) in [4.78, 5) is 25.6. The molecule has 0 bridgehead atoms. The molecule has 0 aliphatic carbocycles. The normalized spacial score (nSPS) is 15.2. The molecule has 102 valence electrons. The van der Waals surface area contributed by atoms with Crippen molar-refractivity contribution < 1.29 is 19.4 Å². The van der Waals surface area contributed by atoms with Gasteiger partial charge in [-0.25, -0.2) is 4.79 Å². The number of carboxylic acid groups (broad SMARTS) is 1. The van der Waals surface area contributed by atoms with E-state index in [1.54, 1.807) is 19.1 Å². The molecule has 0 unspecified atom stereocenters. The molecule has 1 N–H and O–H groups in total. The first-order chi connectivity index (χ1) is 8.54. The number of amides is 2. The molecular formula is C12H20N2O4. The molecule has 0 saturated carbocycles. The van der Waals surface area contributed by atoms with Gasteiger partial charge in [0.2, 0.25) is 0 Å². The third-order valence-corrected chi connectivity index (χ3v) is 2.89. The van der Waals surface area contributed by atoms with Crippen molar-refractivity contribution >= 4 is 12.0 Å². The van der Waals surface area contributed by atoms with Crippen LogP contribution in [-0.4, -0.2) is 67.3 Å². The number of methoxy groups -OCH3 is 1. The molecule has 0 aromatic rings. The van der Waals surface area contributed by atoms with Crippen LogP contribution in [0.3, 0.4) is 0 Å². The van der Waals surface area contributed by atoms with Crippen molar-refractivity contribution in [3.8, 4) is 0 Å². The van der Waals surface area contributed by atoms with Gasteiger partial charge >= 0.3 is 12.0 Å². The number of rotatable bonds is 5. The van der Waals surface area contributed by atoms with Crippen LogP contribution in [-0.2, 0) is 9.53 Å². The van der Waals surface area contributed by atoms with Crippen LogP contribution in [0.4, 0.5) is 4.79 Å². The standard InChI is InChI=1S/C12H20N2O4/c1-13(6-5-11(15)16)12(17)14-7-3-10(4-8-14)9-18-2/h3H,4-9H2,1-2H3,(H,15,16). The molecule has 6 nitrogen and oxygen atoms in total. The lowest BCUT2D eigenvalue weighted by Gasteiger charge is -2.30. The summed E-state index contributed by atoms with van der Waals surface area (Å²) in [6.45, 7) is 2.07. The van der Waals surface area contributed by atoms with Gasteiger partial charge in [-0.05, 0) is 12.0 Å². The van der Waals surface area contributed by atoms with E-state index in [-0.39, 0.29) is 19.0 Å². The van der Waals surface area contributed by atoms with Crippen LogP contribution in [0.1, 0.15) is 12.8 Å². The highest BCUT2D eigenvalue weighted by atomic mass is 16.5. The maximum Gasteiger partial charge on any atom is 0.320 e. The molecule has 0 aromatic heterocycles. The Kier molecular flexibility index (Phi) is 5.64. The summed E-state index contributed by atoms with van der Waals surface area (Å²) >= 11 is 0. The van der Waals surface area contributed by atoms with Crippen LogP contribution in [0.15, 0.2) is 11.6 Å². The lowest BCUT2D eigenvalue weighted by molar-refractivity contribution is -0.137. The van der Waals surface area contributed by atoms with Gasteiger partial charge in [0.05, 0.1) is 13.0 Å². The zero-order valence-corrected chi connectivity index (χ0v) is 10.9. The molecule has 1 aliphatic rings. The number of ether oxygens (including phenoxy) is 1. The van der Waals surface area contributed by atoms with Gasteiger partial charge in [-0.2, -0.15) is 0 Å². The predicted octanol–water partition coefficient (Wildman–Crippen LogP) is 0.791. The number of carboxylic acids is 1. The van der Waals surface area contributed by atoms with Gasteiger partial charge in [0.1, 0.15) is 0 Å². The van der Waals surface area contributed by atoms with Crippen LogP contribution in [0, 0.1) is 0 Å². The largest absolute Gasteiger partial charge is 0.481 e. The molecule has 1 rings (SSSR count). The van der Waals surface area contributed by atoms with Crippen LogP contribution >= 0.6 is 0 Å². The second-order valence-electron chi connectivity index (χ2n) is 4.34. The molecule has 0 aromatic carbocycles. The molecule has 0 atom stereocenters. The average Bonchev–Trinajstić information content (AvgIpc) is 2.36. The molecule has 18 heavy (non-hydrogen) atoms. The number of carbonyl (C=O) groups is 2. The van der Waals surface area contributed by atoms with Gasteiger partial charge < -0.3 is 19.6 Å². The zero-order chi connectivity index (χ0) is 13.5. The second-order valence-corrected chi connectivity index (χ2v) is 4.34.